The molecule has 1 atom stereocenters. The molecule has 0 amide bonds. The van der Waals surface area contributed by atoms with Crippen molar-refractivity contribution in [3.05, 3.63) is 58.1 Å². The first kappa shape index (κ1) is 16.1. The van der Waals surface area contributed by atoms with Crippen LogP contribution in [0.1, 0.15) is 29.7 Å². The van der Waals surface area contributed by atoms with E-state index in [1.165, 1.54) is 0 Å². The van der Waals surface area contributed by atoms with Crippen LogP contribution in [0.25, 0.3) is 0 Å². The molecule has 1 aliphatic rings. The highest BCUT2D eigenvalue weighted by Gasteiger charge is 2.16. The number of aliphatic hydroxyl groups is 1. The van der Waals surface area contributed by atoms with Crippen LogP contribution in [0.5, 0.6) is 11.5 Å². The van der Waals surface area contributed by atoms with Gasteiger partial charge in [-0.15, -0.1) is 0 Å². The molecule has 23 heavy (non-hydrogen) atoms. The lowest BCUT2D eigenvalue weighted by molar-refractivity contribution is 0.171. The number of fused-ring (bicyclic) bond motifs is 1. The van der Waals surface area contributed by atoms with E-state index in [4.69, 9.17) is 21.1 Å². The third-order valence-corrected chi connectivity index (χ3v) is 4.06. The average molecular weight is 334 g/mol. The van der Waals surface area contributed by atoms with Crippen LogP contribution < -0.4 is 14.8 Å². The zero-order chi connectivity index (χ0) is 16.2. The molecule has 0 saturated heterocycles. The quantitative estimate of drug-likeness (QED) is 0.880. The zero-order valence-corrected chi connectivity index (χ0v) is 13.8. The standard InChI is InChI=1S/C18H20ClNO3/c1-12(21)15-4-2-13(3-5-15)10-20-11-14-8-16(19)18-17(9-14)22-6-7-23-18/h2-5,8-9,12,20-21H,6-7,10-11H2,1H3/t12-/m0/s1. The van der Waals surface area contributed by atoms with Gasteiger partial charge in [0.1, 0.15) is 13.2 Å². The number of ether oxygens (including phenoxy) is 2. The zero-order valence-electron chi connectivity index (χ0n) is 13.0. The van der Waals surface area contributed by atoms with E-state index in [9.17, 15) is 5.11 Å². The lowest BCUT2D eigenvalue weighted by Gasteiger charge is -2.20. The lowest BCUT2D eigenvalue weighted by Crippen LogP contribution is -2.17. The van der Waals surface area contributed by atoms with Crippen molar-refractivity contribution >= 4 is 11.6 Å². The van der Waals surface area contributed by atoms with Crippen LogP contribution >= 0.6 is 11.6 Å². The minimum atomic E-state index is -0.433. The fourth-order valence-corrected chi connectivity index (χ4v) is 2.82. The Morgan fingerprint density at radius 1 is 1.09 bits per heavy atom. The van der Waals surface area contributed by atoms with E-state index in [1.807, 2.05) is 36.4 Å². The van der Waals surface area contributed by atoms with Crippen LogP contribution in [0, 0.1) is 0 Å². The van der Waals surface area contributed by atoms with Gasteiger partial charge in [0.05, 0.1) is 11.1 Å². The van der Waals surface area contributed by atoms with Crippen LogP contribution in [-0.2, 0) is 13.1 Å². The summed E-state index contributed by atoms with van der Waals surface area (Å²) in [5.74, 6) is 1.34. The van der Waals surface area contributed by atoms with E-state index in [1.54, 1.807) is 6.92 Å². The summed E-state index contributed by atoms with van der Waals surface area (Å²) in [7, 11) is 0. The molecule has 122 valence electrons. The van der Waals surface area contributed by atoms with E-state index < -0.39 is 6.10 Å². The number of hydrogen-bond acceptors (Lipinski definition) is 4. The van der Waals surface area contributed by atoms with Crippen molar-refractivity contribution in [1.29, 1.82) is 0 Å². The first-order chi connectivity index (χ1) is 11.1. The number of aliphatic hydroxyl groups excluding tert-OH is 1. The highest BCUT2D eigenvalue weighted by Crippen LogP contribution is 2.38. The normalized spacial score (nSPS) is 14.6. The van der Waals surface area contributed by atoms with Crippen LogP contribution in [0.3, 0.4) is 0 Å². The van der Waals surface area contributed by atoms with Gasteiger partial charge >= 0.3 is 0 Å². The Hall–Kier alpha value is -1.75. The fourth-order valence-electron chi connectivity index (χ4n) is 2.53. The third kappa shape index (κ3) is 3.96. The molecule has 0 saturated carbocycles. The summed E-state index contributed by atoms with van der Waals surface area (Å²) in [5, 5.41) is 13.5. The van der Waals surface area contributed by atoms with Crippen molar-refractivity contribution in [2.24, 2.45) is 0 Å². The van der Waals surface area contributed by atoms with Gasteiger partial charge in [0.15, 0.2) is 11.5 Å². The summed E-state index contributed by atoms with van der Waals surface area (Å²) < 4.78 is 11.1. The number of halogens is 1. The maximum Gasteiger partial charge on any atom is 0.179 e. The van der Waals surface area contributed by atoms with Gasteiger partial charge in [-0.05, 0) is 35.7 Å². The van der Waals surface area contributed by atoms with Crippen LogP contribution in [0.2, 0.25) is 5.02 Å². The van der Waals surface area contributed by atoms with Crippen LogP contribution in [0.4, 0.5) is 0 Å². The summed E-state index contributed by atoms with van der Waals surface area (Å²) in [6, 6.07) is 11.8. The van der Waals surface area contributed by atoms with Gasteiger partial charge < -0.3 is 19.9 Å². The second-order valence-corrected chi connectivity index (χ2v) is 6.03. The molecular weight excluding hydrogens is 314 g/mol. The first-order valence-electron chi connectivity index (χ1n) is 7.69. The molecule has 2 aromatic carbocycles. The summed E-state index contributed by atoms with van der Waals surface area (Å²) in [6.07, 6.45) is -0.433. The van der Waals surface area contributed by atoms with Gasteiger partial charge in [-0.1, -0.05) is 35.9 Å². The topological polar surface area (TPSA) is 50.7 Å². The summed E-state index contributed by atoms with van der Waals surface area (Å²) >= 11 is 6.23. The summed E-state index contributed by atoms with van der Waals surface area (Å²) in [4.78, 5) is 0. The maximum atomic E-state index is 9.51. The molecule has 0 aromatic heterocycles. The van der Waals surface area contributed by atoms with Gasteiger partial charge in [-0.25, -0.2) is 0 Å². The average Bonchev–Trinajstić information content (AvgIpc) is 2.55. The summed E-state index contributed by atoms with van der Waals surface area (Å²) in [6.45, 7) is 4.28. The van der Waals surface area contributed by atoms with Gasteiger partial charge in [-0.3, -0.25) is 0 Å². The highest BCUT2D eigenvalue weighted by molar-refractivity contribution is 6.32. The second-order valence-electron chi connectivity index (χ2n) is 5.62. The molecule has 0 spiro atoms. The molecule has 3 rings (SSSR count). The fraction of sp³-hybridized carbons (Fsp3) is 0.333. The molecule has 1 heterocycles. The maximum absolute atomic E-state index is 9.51. The van der Waals surface area contributed by atoms with E-state index >= 15 is 0 Å². The number of hydrogen-bond donors (Lipinski definition) is 2. The Balaban J connectivity index is 1.59. The largest absolute Gasteiger partial charge is 0.486 e. The Morgan fingerprint density at radius 2 is 1.78 bits per heavy atom. The minimum Gasteiger partial charge on any atom is -0.486 e. The summed E-state index contributed by atoms with van der Waals surface area (Å²) in [5.41, 5.74) is 3.14. The molecule has 2 N–H and O–H groups in total. The van der Waals surface area contributed by atoms with Gasteiger partial charge in [-0.2, -0.15) is 0 Å². The molecule has 0 aliphatic carbocycles. The van der Waals surface area contributed by atoms with Crippen molar-refractivity contribution in [2.45, 2.75) is 26.1 Å². The van der Waals surface area contributed by atoms with Gasteiger partial charge in [0.2, 0.25) is 0 Å². The van der Waals surface area contributed by atoms with Crippen molar-refractivity contribution < 1.29 is 14.6 Å². The van der Waals surface area contributed by atoms with Crippen molar-refractivity contribution in [3.63, 3.8) is 0 Å². The van der Waals surface area contributed by atoms with Gasteiger partial charge in [0.25, 0.3) is 0 Å². The Morgan fingerprint density at radius 3 is 2.52 bits per heavy atom. The van der Waals surface area contributed by atoms with E-state index in [0.29, 0.717) is 36.3 Å². The Labute approximate surface area is 141 Å². The Bertz CT molecular complexity index is 671. The first-order valence-corrected chi connectivity index (χ1v) is 8.07. The molecule has 5 heteroatoms. The molecule has 0 radical (unpaired) electrons. The number of nitrogens with one attached hydrogen (secondary N) is 1. The van der Waals surface area contributed by atoms with Crippen molar-refractivity contribution in [2.75, 3.05) is 13.2 Å². The Kier molecular flexibility index (Phi) is 5.06. The SMILES string of the molecule is C[C@H](O)c1ccc(CNCc2cc(Cl)c3c(c2)OCCO3)cc1. The highest BCUT2D eigenvalue weighted by atomic mass is 35.5. The van der Waals surface area contributed by atoms with Crippen molar-refractivity contribution in [3.8, 4) is 11.5 Å². The van der Waals surface area contributed by atoms with Crippen LogP contribution in [-0.4, -0.2) is 18.3 Å². The minimum absolute atomic E-state index is 0.433. The van der Waals surface area contributed by atoms with Gasteiger partial charge in [0, 0.05) is 13.1 Å². The molecule has 0 unspecified atom stereocenters. The van der Waals surface area contributed by atoms with Crippen LogP contribution in [0.15, 0.2) is 36.4 Å². The third-order valence-electron chi connectivity index (χ3n) is 3.78. The molecule has 4 nitrogen and oxygen atoms in total. The number of benzene rings is 2. The lowest BCUT2D eigenvalue weighted by atomic mass is 10.1. The van der Waals surface area contributed by atoms with E-state index in [2.05, 4.69) is 5.32 Å². The molecular formula is C18H20ClNO3. The number of rotatable bonds is 5. The smallest absolute Gasteiger partial charge is 0.179 e. The molecule has 1 aliphatic heterocycles. The molecule has 0 bridgehead atoms. The predicted octanol–water partition coefficient (Wildman–Crippen LogP) is 3.45. The molecule has 0 fully saturated rings. The molecule has 2 aromatic rings. The second kappa shape index (κ2) is 7.21. The van der Waals surface area contributed by atoms with E-state index in [0.717, 1.165) is 23.2 Å². The van der Waals surface area contributed by atoms with E-state index in [-0.39, 0.29) is 0 Å². The van der Waals surface area contributed by atoms with Crippen molar-refractivity contribution in [1.82, 2.24) is 5.32 Å². The monoisotopic (exact) mass is 333 g/mol. The predicted molar refractivity (Wildman–Crippen MR) is 90.1 cm³/mol.